The highest BCUT2D eigenvalue weighted by Crippen LogP contribution is 2.08. The molecule has 0 amide bonds. The lowest BCUT2D eigenvalue weighted by Gasteiger charge is -2.04. The van der Waals surface area contributed by atoms with Crippen LogP contribution in [0.2, 0.25) is 0 Å². The number of nitriles is 1. The molecule has 0 saturated carbocycles. The van der Waals surface area contributed by atoms with Crippen molar-refractivity contribution in [1.82, 2.24) is 5.32 Å². The van der Waals surface area contributed by atoms with E-state index in [1.807, 2.05) is 6.07 Å². The maximum absolute atomic E-state index is 12.9. The molecule has 1 N–H and O–H groups in total. The van der Waals surface area contributed by atoms with Crippen LogP contribution in [-0.2, 0) is 6.54 Å². The van der Waals surface area contributed by atoms with Crippen LogP contribution in [0.25, 0.3) is 0 Å². The molecule has 0 aromatic heterocycles. The fourth-order valence-electron chi connectivity index (χ4n) is 1.19. The fourth-order valence-corrected chi connectivity index (χ4v) is 1.19. The van der Waals surface area contributed by atoms with Crippen molar-refractivity contribution >= 4 is 0 Å². The van der Waals surface area contributed by atoms with E-state index in [9.17, 15) is 4.39 Å². The van der Waals surface area contributed by atoms with Gasteiger partial charge in [-0.25, -0.2) is 4.39 Å². The maximum Gasteiger partial charge on any atom is 0.126 e. The Balaban J connectivity index is 2.44. The Morgan fingerprint density at radius 3 is 2.93 bits per heavy atom. The van der Waals surface area contributed by atoms with Crippen molar-refractivity contribution in [3.8, 4) is 6.07 Å². The van der Waals surface area contributed by atoms with E-state index in [0.717, 1.165) is 5.56 Å². The van der Waals surface area contributed by atoms with E-state index in [-0.39, 0.29) is 5.82 Å². The van der Waals surface area contributed by atoms with E-state index in [1.165, 1.54) is 6.07 Å². The molecular formula is C11H13FN2. The zero-order chi connectivity index (χ0) is 10.4. The number of rotatable bonds is 4. The molecule has 14 heavy (non-hydrogen) atoms. The summed E-state index contributed by atoms with van der Waals surface area (Å²) in [6.07, 6.45) is 0.500. The van der Waals surface area contributed by atoms with Crippen molar-refractivity contribution < 1.29 is 4.39 Å². The van der Waals surface area contributed by atoms with Crippen LogP contribution in [0.1, 0.15) is 17.5 Å². The summed E-state index contributed by atoms with van der Waals surface area (Å²) >= 11 is 0. The van der Waals surface area contributed by atoms with Crippen molar-refractivity contribution in [2.75, 3.05) is 6.54 Å². The van der Waals surface area contributed by atoms with Crippen LogP contribution < -0.4 is 5.32 Å². The minimum Gasteiger partial charge on any atom is -0.312 e. The van der Waals surface area contributed by atoms with Gasteiger partial charge in [0, 0.05) is 19.5 Å². The second kappa shape index (κ2) is 5.36. The van der Waals surface area contributed by atoms with Gasteiger partial charge in [-0.2, -0.15) is 5.26 Å². The largest absolute Gasteiger partial charge is 0.312 e. The van der Waals surface area contributed by atoms with Crippen LogP contribution in [0.3, 0.4) is 0 Å². The van der Waals surface area contributed by atoms with Gasteiger partial charge in [0.15, 0.2) is 0 Å². The Morgan fingerprint density at radius 1 is 1.50 bits per heavy atom. The molecule has 1 aromatic carbocycles. The van der Waals surface area contributed by atoms with Gasteiger partial charge < -0.3 is 5.32 Å². The van der Waals surface area contributed by atoms with Gasteiger partial charge in [0.05, 0.1) is 6.07 Å². The zero-order valence-corrected chi connectivity index (χ0v) is 8.18. The number of hydrogen-bond acceptors (Lipinski definition) is 2. The predicted octanol–water partition coefficient (Wildman–Crippen LogP) is 2.14. The van der Waals surface area contributed by atoms with Gasteiger partial charge in [0.25, 0.3) is 0 Å². The molecule has 0 spiro atoms. The quantitative estimate of drug-likeness (QED) is 0.742. The first-order chi connectivity index (χ1) is 6.74. The Kier molecular flexibility index (Phi) is 4.09. The number of nitrogens with one attached hydrogen (secondary N) is 1. The van der Waals surface area contributed by atoms with Gasteiger partial charge in [-0.15, -0.1) is 0 Å². The lowest BCUT2D eigenvalue weighted by atomic mass is 10.1. The summed E-state index contributed by atoms with van der Waals surface area (Å²) in [6.45, 7) is 3.10. The van der Waals surface area contributed by atoms with E-state index in [0.29, 0.717) is 25.1 Å². The third-order valence-corrected chi connectivity index (χ3v) is 1.97. The highest BCUT2D eigenvalue weighted by atomic mass is 19.1. The van der Waals surface area contributed by atoms with Gasteiger partial charge in [-0.05, 0) is 24.1 Å². The summed E-state index contributed by atoms with van der Waals surface area (Å²) < 4.78 is 12.9. The first kappa shape index (κ1) is 10.7. The van der Waals surface area contributed by atoms with Gasteiger partial charge in [-0.3, -0.25) is 0 Å². The van der Waals surface area contributed by atoms with Crippen LogP contribution in [0, 0.1) is 24.1 Å². The SMILES string of the molecule is Cc1cc(CNCCC#N)ccc1F. The van der Waals surface area contributed by atoms with Crippen molar-refractivity contribution in [1.29, 1.82) is 5.26 Å². The summed E-state index contributed by atoms with van der Waals surface area (Å²) in [4.78, 5) is 0. The molecule has 74 valence electrons. The van der Waals surface area contributed by atoms with E-state index in [2.05, 4.69) is 11.4 Å². The third kappa shape index (κ3) is 3.15. The van der Waals surface area contributed by atoms with E-state index in [4.69, 9.17) is 5.26 Å². The molecule has 0 fully saturated rings. The number of aryl methyl sites for hydroxylation is 1. The molecule has 0 radical (unpaired) electrons. The van der Waals surface area contributed by atoms with Crippen LogP contribution in [-0.4, -0.2) is 6.54 Å². The summed E-state index contributed by atoms with van der Waals surface area (Å²) in [5.74, 6) is -0.175. The van der Waals surface area contributed by atoms with Crippen LogP contribution in [0.5, 0.6) is 0 Å². The summed E-state index contributed by atoms with van der Waals surface area (Å²) in [5, 5.41) is 11.4. The number of benzene rings is 1. The molecule has 2 nitrogen and oxygen atoms in total. The molecule has 0 saturated heterocycles. The number of nitrogens with zero attached hydrogens (tertiary/aromatic N) is 1. The first-order valence-corrected chi connectivity index (χ1v) is 4.56. The fraction of sp³-hybridized carbons (Fsp3) is 0.364. The zero-order valence-electron chi connectivity index (χ0n) is 8.18. The monoisotopic (exact) mass is 192 g/mol. The Morgan fingerprint density at radius 2 is 2.29 bits per heavy atom. The molecule has 0 bridgehead atoms. The molecule has 1 rings (SSSR count). The van der Waals surface area contributed by atoms with Crippen LogP contribution >= 0.6 is 0 Å². The molecule has 0 aliphatic rings. The molecular weight excluding hydrogens is 179 g/mol. The normalized spacial score (nSPS) is 9.79. The predicted molar refractivity (Wildman–Crippen MR) is 53.1 cm³/mol. The van der Waals surface area contributed by atoms with Gasteiger partial charge in [0.2, 0.25) is 0 Å². The van der Waals surface area contributed by atoms with E-state index >= 15 is 0 Å². The lowest BCUT2D eigenvalue weighted by Crippen LogP contribution is -2.14. The van der Waals surface area contributed by atoms with Gasteiger partial charge in [0.1, 0.15) is 5.82 Å². The second-order valence-electron chi connectivity index (χ2n) is 3.17. The van der Waals surface area contributed by atoms with Gasteiger partial charge >= 0.3 is 0 Å². The molecule has 0 aliphatic heterocycles. The average Bonchev–Trinajstić information content (AvgIpc) is 2.18. The minimum absolute atomic E-state index is 0.175. The summed E-state index contributed by atoms with van der Waals surface area (Å²) in [7, 11) is 0. The van der Waals surface area contributed by atoms with Gasteiger partial charge in [-0.1, -0.05) is 12.1 Å². The molecule has 0 atom stereocenters. The summed E-state index contributed by atoms with van der Waals surface area (Å²) in [5.41, 5.74) is 1.70. The summed E-state index contributed by atoms with van der Waals surface area (Å²) in [6, 6.07) is 7.09. The molecule has 0 aliphatic carbocycles. The standard InChI is InChI=1S/C11H13FN2/c1-9-7-10(3-4-11(9)12)8-14-6-2-5-13/h3-4,7,14H,2,6,8H2,1H3. The molecule has 1 aromatic rings. The highest BCUT2D eigenvalue weighted by molar-refractivity contribution is 5.23. The Bertz CT molecular complexity index is 342. The smallest absolute Gasteiger partial charge is 0.126 e. The lowest BCUT2D eigenvalue weighted by molar-refractivity contribution is 0.615. The first-order valence-electron chi connectivity index (χ1n) is 4.56. The molecule has 3 heteroatoms. The third-order valence-electron chi connectivity index (χ3n) is 1.97. The van der Waals surface area contributed by atoms with Crippen molar-refractivity contribution in [3.05, 3.63) is 35.1 Å². The van der Waals surface area contributed by atoms with Crippen LogP contribution in [0.4, 0.5) is 4.39 Å². The number of halogens is 1. The number of hydrogen-bond donors (Lipinski definition) is 1. The van der Waals surface area contributed by atoms with E-state index in [1.54, 1.807) is 13.0 Å². The van der Waals surface area contributed by atoms with Crippen molar-refractivity contribution in [3.63, 3.8) is 0 Å². The minimum atomic E-state index is -0.175. The Hall–Kier alpha value is -1.40. The Labute approximate surface area is 83.4 Å². The average molecular weight is 192 g/mol. The van der Waals surface area contributed by atoms with Crippen molar-refractivity contribution in [2.45, 2.75) is 19.9 Å². The van der Waals surface area contributed by atoms with Crippen molar-refractivity contribution in [2.24, 2.45) is 0 Å². The maximum atomic E-state index is 12.9. The highest BCUT2D eigenvalue weighted by Gasteiger charge is 1.98. The van der Waals surface area contributed by atoms with Crippen LogP contribution in [0.15, 0.2) is 18.2 Å². The topological polar surface area (TPSA) is 35.8 Å². The molecule has 0 heterocycles. The molecule has 0 unspecified atom stereocenters. The van der Waals surface area contributed by atoms with E-state index < -0.39 is 0 Å². The second-order valence-corrected chi connectivity index (χ2v) is 3.17.